The summed E-state index contributed by atoms with van der Waals surface area (Å²) in [6, 6.07) is 11.4. The molecule has 2 saturated heterocycles. The summed E-state index contributed by atoms with van der Waals surface area (Å²) in [6.45, 7) is 1.12. The number of hydrogen-bond donors (Lipinski definition) is 0. The monoisotopic (exact) mass is 484 g/mol. The van der Waals surface area contributed by atoms with Gasteiger partial charge in [0.05, 0.1) is 12.0 Å². The minimum absolute atomic E-state index is 0.0340. The molecule has 0 atom stereocenters. The lowest BCUT2D eigenvalue weighted by atomic mass is 10.1. The third-order valence-corrected chi connectivity index (χ3v) is 6.61. The number of imide groups is 1. The molecule has 0 N–H and O–H groups in total. The average Bonchev–Trinajstić information content (AvgIpc) is 3.11. The van der Waals surface area contributed by atoms with E-state index in [2.05, 4.69) is 0 Å². The Morgan fingerprint density at radius 2 is 1.85 bits per heavy atom. The van der Waals surface area contributed by atoms with Crippen LogP contribution in [0.5, 0.6) is 11.5 Å². The van der Waals surface area contributed by atoms with Gasteiger partial charge in [0.1, 0.15) is 19.0 Å². The zero-order valence-corrected chi connectivity index (χ0v) is 19.6. The maximum Gasteiger partial charge on any atom is 0.294 e. The zero-order valence-electron chi connectivity index (χ0n) is 18.8. The second-order valence-electron chi connectivity index (χ2n) is 8.00. The van der Waals surface area contributed by atoms with E-state index in [1.807, 2.05) is 0 Å². The molecule has 0 aromatic heterocycles. The minimum Gasteiger partial charge on any atom is -0.493 e. The van der Waals surface area contributed by atoms with Gasteiger partial charge < -0.3 is 14.4 Å². The van der Waals surface area contributed by atoms with Crippen molar-refractivity contribution < 1.29 is 28.2 Å². The van der Waals surface area contributed by atoms with E-state index in [0.717, 1.165) is 35.9 Å². The maximum atomic E-state index is 13.8. The van der Waals surface area contributed by atoms with E-state index in [4.69, 9.17) is 9.47 Å². The molecule has 0 bridgehead atoms. The Labute approximate surface area is 201 Å². The van der Waals surface area contributed by atoms with E-state index in [1.165, 1.54) is 13.2 Å². The number of methoxy groups -OCH3 is 1. The van der Waals surface area contributed by atoms with Crippen LogP contribution in [-0.2, 0) is 16.2 Å². The summed E-state index contributed by atoms with van der Waals surface area (Å²) in [7, 11) is 1.48. The first-order chi connectivity index (χ1) is 16.5. The Bertz CT molecular complexity index is 1130. The Hall–Kier alpha value is -3.33. The summed E-state index contributed by atoms with van der Waals surface area (Å²) in [5.74, 6) is -0.221. The lowest BCUT2D eigenvalue weighted by Gasteiger charge is -2.27. The van der Waals surface area contributed by atoms with Crippen LogP contribution < -0.4 is 9.47 Å². The first-order valence-corrected chi connectivity index (χ1v) is 11.9. The topological polar surface area (TPSA) is 76.2 Å². The van der Waals surface area contributed by atoms with Crippen molar-refractivity contribution in [3.8, 4) is 11.5 Å². The van der Waals surface area contributed by atoms with Crippen molar-refractivity contribution in [3.05, 3.63) is 64.3 Å². The molecule has 0 saturated carbocycles. The minimum atomic E-state index is -0.487. The van der Waals surface area contributed by atoms with Gasteiger partial charge in [0.2, 0.25) is 5.91 Å². The van der Waals surface area contributed by atoms with Crippen molar-refractivity contribution in [2.75, 3.05) is 26.7 Å². The van der Waals surface area contributed by atoms with Gasteiger partial charge in [0, 0.05) is 18.7 Å². The van der Waals surface area contributed by atoms with Gasteiger partial charge in [-0.25, -0.2) is 4.39 Å². The molecule has 2 aromatic rings. The number of nitrogens with zero attached hydrogens (tertiary/aromatic N) is 2. The number of hydrogen-bond acceptors (Lipinski definition) is 6. The summed E-state index contributed by atoms with van der Waals surface area (Å²) in [6.07, 6.45) is 4.55. The maximum absolute atomic E-state index is 13.8. The van der Waals surface area contributed by atoms with Crippen molar-refractivity contribution in [3.63, 3.8) is 0 Å². The fourth-order valence-electron chi connectivity index (χ4n) is 3.83. The number of likely N-dealkylation sites (tertiary alicyclic amines) is 1. The normalized spacial score (nSPS) is 17.4. The fourth-order valence-corrected chi connectivity index (χ4v) is 4.67. The van der Waals surface area contributed by atoms with Gasteiger partial charge in [-0.1, -0.05) is 24.3 Å². The number of rotatable bonds is 7. The summed E-state index contributed by atoms with van der Waals surface area (Å²) in [5.41, 5.74) is 1.05. The molecular formula is C25H25FN2O5S. The van der Waals surface area contributed by atoms with Gasteiger partial charge in [-0.05, 0) is 60.9 Å². The Balaban J connectivity index is 1.44. The van der Waals surface area contributed by atoms with Gasteiger partial charge in [-0.3, -0.25) is 19.3 Å². The molecule has 0 spiro atoms. The van der Waals surface area contributed by atoms with E-state index in [0.29, 0.717) is 35.7 Å². The molecule has 178 valence electrons. The molecule has 0 radical (unpaired) electrons. The highest BCUT2D eigenvalue weighted by molar-refractivity contribution is 8.18. The summed E-state index contributed by atoms with van der Waals surface area (Å²) in [5, 5.41) is -0.460. The molecule has 4 rings (SSSR count). The number of ether oxygens (including phenoxy) is 2. The first-order valence-electron chi connectivity index (χ1n) is 11.0. The van der Waals surface area contributed by atoms with Gasteiger partial charge in [0.25, 0.3) is 11.1 Å². The van der Waals surface area contributed by atoms with Crippen LogP contribution >= 0.6 is 11.8 Å². The van der Waals surface area contributed by atoms with Crippen LogP contribution in [0.25, 0.3) is 6.08 Å². The summed E-state index contributed by atoms with van der Waals surface area (Å²) >= 11 is 0.806. The molecule has 2 aromatic carbocycles. The van der Waals surface area contributed by atoms with Gasteiger partial charge in [-0.15, -0.1) is 0 Å². The summed E-state index contributed by atoms with van der Waals surface area (Å²) < 4.78 is 24.9. The molecule has 9 heteroatoms. The highest BCUT2D eigenvalue weighted by Gasteiger charge is 2.37. The molecule has 2 aliphatic rings. The third kappa shape index (κ3) is 5.41. The highest BCUT2D eigenvalue weighted by Crippen LogP contribution is 2.35. The standard InChI is InChI=1S/C25H25FN2O5S/c1-32-21-13-17(9-10-20(21)33-16-18-7-3-4-8-19(18)26)14-22-24(30)28(25(31)34-22)15-23(29)27-11-5-2-6-12-27/h3-4,7-10,13-14H,2,5-6,11-12,15-16H2,1H3/b22-14-. The number of amides is 3. The van der Waals surface area contributed by atoms with Crippen molar-refractivity contribution in [2.24, 2.45) is 0 Å². The molecule has 34 heavy (non-hydrogen) atoms. The number of benzene rings is 2. The van der Waals surface area contributed by atoms with Crippen LogP contribution in [0.3, 0.4) is 0 Å². The van der Waals surface area contributed by atoms with Gasteiger partial charge in [-0.2, -0.15) is 0 Å². The second-order valence-corrected chi connectivity index (χ2v) is 8.99. The Morgan fingerprint density at radius 3 is 2.59 bits per heavy atom. The molecule has 2 fully saturated rings. The SMILES string of the molecule is COc1cc(/C=C2\SC(=O)N(CC(=O)N3CCCCC3)C2=O)ccc1OCc1ccccc1F. The van der Waals surface area contributed by atoms with Crippen LogP contribution in [0.15, 0.2) is 47.4 Å². The Kier molecular flexibility index (Phi) is 7.52. The Morgan fingerprint density at radius 1 is 1.09 bits per heavy atom. The molecule has 0 unspecified atom stereocenters. The molecule has 0 aliphatic carbocycles. The third-order valence-electron chi connectivity index (χ3n) is 5.70. The summed E-state index contributed by atoms with van der Waals surface area (Å²) in [4.78, 5) is 40.7. The number of carbonyl (C=O) groups is 3. The van der Waals surface area contributed by atoms with Crippen molar-refractivity contribution in [1.29, 1.82) is 0 Å². The van der Waals surface area contributed by atoms with Crippen molar-refractivity contribution in [2.45, 2.75) is 25.9 Å². The molecule has 2 aliphatic heterocycles. The lowest BCUT2D eigenvalue weighted by Crippen LogP contribution is -2.44. The quantitative estimate of drug-likeness (QED) is 0.540. The van der Waals surface area contributed by atoms with Crippen LogP contribution in [-0.4, -0.2) is 53.6 Å². The fraction of sp³-hybridized carbons (Fsp3) is 0.320. The van der Waals surface area contributed by atoms with Gasteiger partial charge >= 0.3 is 0 Å². The van der Waals surface area contributed by atoms with Crippen LogP contribution in [0.4, 0.5) is 9.18 Å². The zero-order chi connectivity index (χ0) is 24.1. The molecule has 2 heterocycles. The molecule has 3 amide bonds. The van der Waals surface area contributed by atoms with Gasteiger partial charge in [0.15, 0.2) is 11.5 Å². The predicted octanol–water partition coefficient (Wildman–Crippen LogP) is 4.46. The van der Waals surface area contributed by atoms with Crippen LogP contribution in [0.1, 0.15) is 30.4 Å². The van der Waals surface area contributed by atoms with Crippen molar-refractivity contribution >= 4 is 34.9 Å². The lowest BCUT2D eigenvalue weighted by molar-refractivity contribution is -0.136. The van der Waals surface area contributed by atoms with E-state index >= 15 is 0 Å². The number of halogens is 1. The smallest absolute Gasteiger partial charge is 0.294 e. The van der Waals surface area contributed by atoms with E-state index < -0.39 is 11.1 Å². The first kappa shape index (κ1) is 23.8. The number of carbonyl (C=O) groups excluding carboxylic acids is 3. The van der Waals surface area contributed by atoms with Crippen molar-refractivity contribution in [1.82, 2.24) is 9.80 Å². The van der Waals surface area contributed by atoms with Crippen LogP contribution in [0, 0.1) is 5.82 Å². The van der Waals surface area contributed by atoms with E-state index in [-0.39, 0.29) is 29.8 Å². The molecular weight excluding hydrogens is 459 g/mol. The van der Waals surface area contributed by atoms with E-state index in [9.17, 15) is 18.8 Å². The number of piperidine rings is 1. The number of thioether (sulfide) groups is 1. The predicted molar refractivity (Wildman–Crippen MR) is 127 cm³/mol. The largest absolute Gasteiger partial charge is 0.493 e. The van der Waals surface area contributed by atoms with E-state index in [1.54, 1.807) is 47.4 Å². The van der Waals surface area contributed by atoms with Crippen LogP contribution in [0.2, 0.25) is 0 Å². The average molecular weight is 485 g/mol. The highest BCUT2D eigenvalue weighted by atomic mass is 32.2. The molecule has 7 nitrogen and oxygen atoms in total. The second kappa shape index (κ2) is 10.7.